The fraction of sp³-hybridized carbons (Fsp3) is 0.509. The van der Waals surface area contributed by atoms with Gasteiger partial charge in [0, 0.05) is 59.8 Å². The summed E-state index contributed by atoms with van der Waals surface area (Å²) in [4.78, 5) is 52.7. The van der Waals surface area contributed by atoms with Crippen molar-refractivity contribution in [2.45, 2.75) is 110 Å². The molecular formula is C53H67F3N6O8S. The Labute approximate surface area is 417 Å². The first-order chi connectivity index (χ1) is 33.7. The van der Waals surface area contributed by atoms with Crippen molar-refractivity contribution in [2.75, 3.05) is 59.3 Å². The van der Waals surface area contributed by atoms with Crippen molar-refractivity contribution >= 4 is 40.0 Å². The highest BCUT2D eigenvalue weighted by Gasteiger charge is 2.45. The molecule has 0 radical (unpaired) electrons. The predicted octanol–water partition coefficient (Wildman–Crippen LogP) is 7.76. The second kappa shape index (κ2) is 23.0. The molecule has 7 rings (SSSR count). The molecule has 0 spiro atoms. The summed E-state index contributed by atoms with van der Waals surface area (Å²) in [5.74, 6) is -3.01. The number of nitrogens with one attached hydrogen (secondary N) is 3. The average molecular weight is 1010 g/mol. The minimum absolute atomic E-state index is 0.00530. The number of H-pyrrole nitrogens is 1. The van der Waals surface area contributed by atoms with Gasteiger partial charge in [0.25, 0.3) is 0 Å². The zero-order valence-corrected chi connectivity index (χ0v) is 42.6. The molecule has 3 aromatic carbocycles. The fourth-order valence-electron chi connectivity index (χ4n) is 9.45. The van der Waals surface area contributed by atoms with Crippen LogP contribution in [0, 0.1) is 24.0 Å². The maximum absolute atomic E-state index is 16.0. The van der Waals surface area contributed by atoms with Gasteiger partial charge in [0.05, 0.1) is 67.3 Å². The lowest BCUT2D eigenvalue weighted by atomic mass is 9.85. The number of nitrogens with zero attached hydrogens (tertiary/aromatic N) is 3. The first-order valence-electron chi connectivity index (χ1n) is 24.2. The second-order valence-corrected chi connectivity index (χ2v) is 21.1. The molecular weight excluding hydrogens is 938 g/mol. The summed E-state index contributed by atoms with van der Waals surface area (Å²) in [6.45, 7) is 14.4. The largest absolute Gasteiger partial charge is 0.491 e. The maximum atomic E-state index is 16.0. The number of benzene rings is 3. The summed E-state index contributed by atoms with van der Waals surface area (Å²) in [6, 6.07) is 14.5. The van der Waals surface area contributed by atoms with Crippen LogP contribution in [-0.2, 0) is 35.0 Å². The number of hydrogen-bond donors (Lipinski definition) is 4. The monoisotopic (exact) mass is 1000 g/mol. The van der Waals surface area contributed by atoms with Crippen molar-refractivity contribution in [3.05, 3.63) is 106 Å². The molecule has 4 heterocycles. The van der Waals surface area contributed by atoms with Crippen LogP contribution >= 0.6 is 11.3 Å². The summed E-state index contributed by atoms with van der Waals surface area (Å²) in [5.41, 5.74) is 4.60. The smallest absolute Gasteiger partial charge is 0.246 e. The van der Waals surface area contributed by atoms with Crippen LogP contribution < -0.4 is 15.4 Å². The van der Waals surface area contributed by atoms with Gasteiger partial charge in [-0.15, -0.1) is 11.3 Å². The molecule has 18 heteroatoms. The fourth-order valence-corrected chi connectivity index (χ4v) is 10.3. The van der Waals surface area contributed by atoms with E-state index in [-0.39, 0.29) is 89.2 Å². The van der Waals surface area contributed by atoms with Crippen LogP contribution in [-0.4, -0.2) is 132 Å². The van der Waals surface area contributed by atoms with Crippen LogP contribution in [0.15, 0.2) is 66.2 Å². The second-order valence-electron chi connectivity index (χ2n) is 20.2. The third-order valence-electron chi connectivity index (χ3n) is 12.9. The first-order valence-corrected chi connectivity index (χ1v) is 25.1. The lowest BCUT2D eigenvalue weighted by molar-refractivity contribution is -0.144. The number of aromatic nitrogens is 2. The summed E-state index contributed by atoms with van der Waals surface area (Å²) >= 11 is 1.56. The van der Waals surface area contributed by atoms with Gasteiger partial charge in [-0.05, 0) is 69.2 Å². The van der Waals surface area contributed by atoms with Crippen LogP contribution in [0.5, 0.6) is 5.75 Å². The quantitative estimate of drug-likeness (QED) is 0.0534. The zero-order chi connectivity index (χ0) is 51.2. The topological polar surface area (TPSA) is 168 Å². The summed E-state index contributed by atoms with van der Waals surface area (Å²) < 4.78 is 69.5. The Bertz CT molecular complexity index is 2610. The van der Waals surface area contributed by atoms with Crippen LogP contribution in [0.25, 0.3) is 21.3 Å². The number of β-amino-alcohol motifs (C(OH)–C–C–N with tert-alkyl or cyclic N) is 1. The lowest BCUT2D eigenvalue weighted by Gasteiger charge is -2.43. The van der Waals surface area contributed by atoms with Gasteiger partial charge in [0.1, 0.15) is 48.4 Å². The number of para-hydroxylation sites is 1. The van der Waals surface area contributed by atoms with Crippen molar-refractivity contribution in [2.24, 2.45) is 5.41 Å². The van der Waals surface area contributed by atoms with E-state index < -0.39 is 64.7 Å². The van der Waals surface area contributed by atoms with Crippen molar-refractivity contribution in [3.8, 4) is 16.2 Å². The molecule has 0 bridgehead atoms. The summed E-state index contributed by atoms with van der Waals surface area (Å²) in [5, 5.41) is 17.4. The molecule has 1 saturated heterocycles. The molecule has 5 aromatic rings. The van der Waals surface area contributed by atoms with Gasteiger partial charge in [-0.3, -0.25) is 19.3 Å². The molecule has 0 unspecified atom stereocenters. The Kier molecular flexibility index (Phi) is 17.3. The molecule has 2 aliphatic heterocycles. The van der Waals surface area contributed by atoms with E-state index in [2.05, 4.69) is 20.6 Å². The van der Waals surface area contributed by atoms with E-state index >= 15 is 13.2 Å². The van der Waals surface area contributed by atoms with Crippen molar-refractivity contribution < 1.29 is 51.6 Å². The molecule has 2 aliphatic rings. The predicted molar refractivity (Wildman–Crippen MR) is 266 cm³/mol. The van der Waals surface area contributed by atoms with Crippen LogP contribution in [0.3, 0.4) is 0 Å². The average Bonchev–Trinajstić information content (AvgIpc) is 4.03. The molecule has 0 aliphatic carbocycles. The third-order valence-corrected chi connectivity index (χ3v) is 13.9. The minimum Gasteiger partial charge on any atom is -0.491 e. The third kappa shape index (κ3) is 13.2. The van der Waals surface area contributed by atoms with Gasteiger partial charge in [0.15, 0.2) is 0 Å². The summed E-state index contributed by atoms with van der Waals surface area (Å²) in [6.07, 6.45) is -0.243. The van der Waals surface area contributed by atoms with E-state index in [1.807, 2.05) is 74.2 Å². The van der Waals surface area contributed by atoms with E-state index in [0.29, 0.717) is 12.1 Å². The zero-order valence-electron chi connectivity index (χ0n) is 41.8. The van der Waals surface area contributed by atoms with Crippen LogP contribution in [0.4, 0.5) is 13.2 Å². The number of fused-ring (bicyclic) bond motifs is 3. The Hall–Kier alpha value is -5.37. The van der Waals surface area contributed by atoms with Gasteiger partial charge >= 0.3 is 0 Å². The number of hydrogen-bond acceptors (Lipinski definition) is 11. The van der Waals surface area contributed by atoms with Gasteiger partial charge in [-0.25, -0.2) is 18.2 Å². The normalized spacial score (nSPS) is 19.4. The van der Waals surface area contributed by atoms with Gasteiger partial charge in [-0.2, -0.15) is 0 Å². The highest BCUT2D eigenvalue weighted by Crippen LogP contribution is 2.44. The van der Waals surface area contributed by atoms with Crippen LogP contribution in [0.1, 0.15) is 95.0 Å². The van der Waals surface area contributed by atoms with E-state index in [0.717, 1.165) is 50.3 Å². The number of likely N-dealkylation sites (tertiary alicyclic amines) is 1. The number of halogens is 3. The van der Waals surface area contributed by atoms with Crippen molar-refractivity contribution in [3.63, 3.8) is 0 Å². The Morgan fingerprint density at radius 3 is 2.21 bits per heavy atom. The number of carbonyl (C=O) groups excluding carboxylic acids is 3. The molecule has 6 atom stereocenters. The molecule has 14 nitrogen and oxygen atoms in total. The number of amides is 3. The number of rotatable bonds is 21. The van der Waals surface area contributed by atoms with E-state index in [1.54, 1.807) is 37.6 Å². The Morgan fingerprint density at radius 2 is 1.58 bits per heavy atom. The molecule has 71 heavy (non-hydrogen) atoms. The highest BCUT2D eigenvalue weighted by molar-refractivity contribution is 7.13. The van der Waals surface area contributed by atoms with E-state index in [1.165, 1.54) is 18.7 Å². The van der Waals surface area contributed by atoms with Gasteiger partial charge < -0.3 is 44.6 Å². The lowest BCUT2D eigenvalue weighted by Crippen LogP contribution is -2.58. The maximum Gasteiger partial charge on any atom is 0.246 e. The first kappa shape index (κ1) is 53.4. The summed E-state index contributed by atoms with van der Waals surface area (Å²) in [7, 11) is 0. The highest BCUT2D eigenvalue weighted by atomic mass is 32.1. The Morgan fingerprint density at radius 1 is 0.930 bits per heavy atom. The molecule has 4 N–H and O–H groups in total. The van der Waals surface area contributed by atoms with E-state index in [4.69, 9.17) is 18.9 Å². The van der Waals surface area contributed by atoms with Crippen molar-refractivity contribution in [1.29, 1.82) is 0 Å². The number of aliphatic hydroxyl groups excluding tert-OH is 1. The number of thiazole rings is 1. The molecule has 2 aromatic heterocycles. The van der Waals surface area contributed by atoms with Crippen LogP contribution in [0.2, 0.25) is 0 Å². The Balaban J connectivity index is 0.815. The van der Waals surface area contributed by atoms with Crippen molar-refractivity contribution in [1.82, 2.24) is 30.4 Å². The molecule has 1 fully saturated rings. The number of aryl methyl sites for hydroxylation is 1. The number of aromatic amines is 1. The minimum atomic E-state index is -1.61. The number of carbonyl (C=O) groups is 3. The van der Waals surface area contributed by atoms with Gasteiger partial charge in [-0.1, -0.05) is 63.2 Å². The standard InChI is InChI=1S/C53H67F3N6O8S/c1-31-23-39-38-11-9-10-12-42(38)59-46(39)47(62(31)29-53(7,8)56)45-40(54)25-37(26-41(45)55)70-22-21-68-18-17-67-19-20-69-28-44(64)60-49(52(4,5)6)51(66)61-27-36(63)24-43(61)50(65)58-32(2)34-13-15-35(16-14-34)48-33(3)57-30-71-48/h9-16,25-26,30-32,36,43,47,49,59,63H,17-24,27-29H2,1-8H3,(H,58,65)(H,60,64)/t31-,32+,36-,43+,47-,49-/m1/s1. The SMILES string of the molecule is Cc1ncsc1-c1ccc([C@H](C)NC(=O)[C@@H]2C[C@@H](O)CN2C(=O)[C@@H](NC(=O)COCCOCCOCCOc2cc(F)c([C@@H]3c4[nH]c5ccccc5c4C[C@@H](C)N3CC(C)(C)F)c(F)c2)C(C)(C)C)cc1. The number of aliphatic hydroxyl groups is 1. The number of ether oxygens (including phenoxy) is 4. The van der Waals surface area contributed by atoms with Gasteiger partial charge in [0.2, 0.25) is 17.7 Å². The molecule has 3 amide bonds. The molecule has 384 valence electrons. The molecule has 0 saturated carbocycles. The van der Waals surface area contributed by atoms with E-state index in [9.17, 15) is 19.5 Å². The number of alkyl halides is 1.